The van der Waals surface area contributed by atoms with Crippen LogP contribution in [-0.2, 0) is 24.4 Å². The lowest BCUT2D eigenvalue weighted by molar-refractivity contribution is 0.0881. The Morgan fingerprint density at radius 1 is 1.22 bits per heavy atom. The molecule has 3 aromatic heterocycles. The maximum Gasteiger partial charge on any atom is 0.274 e. The standard InChI is InChI=1S/C24H35FN4O2Si/c1-16(2)11-19-20(25)13-27-22-12-18(14-28-17(3)7-8-21(26)24(28)30)29(23(19)22)15-31-9-10-32(4,5)6/h7-8,12-13,16H,9-11,14-15,26H2,1-6H3. The van der Waals surface area contributed by atoms with E-state index in [4.69, 9.17) is 10.5 Å². The Morgan fingerprint density at radius 3 is 2.59 bits per heavy atom. The number of aromatic nitrogens is 3. The minimum absolute atomic E-state index is 0.203. The molecule has 0 aliphatic heterocycles. The van der Waals surface area contributed by atoms with Crippen LogP contribution in [0.15, 0.2) is 29.2 Å². The van der Waals surface area contributed by atoms with E-state index < -0.39 is 8.07 Å². The summed E-state index contributed by atoms with van der Waals surface area (Å²) in [6.07, 6.45) is 1.89. The summed E-state index contributed by atoms with van der Waals surface area (Å²) in [7, 11) is -1.24. The first-order valence-corrected chi connectivity index (χ1v) is 14.9. The Morgan fingerprint density at radius 2 is 1.94 bits per heavy atom. The van der Waals surface area contributed by atoms with E-state index >= 15 is 0 Å². The third kappa shape index (κ3) is 5.47. The number of nitrogens with two attached hydrogens (primary N) is 1. The Balaban J connectivity index is 2.09. The molecule has 32 heavy (non-hydrogen) atoms. The molecule has 8 heteroatoms. The molecule has 0 unspecified atom stereocenters. The van der Waals surface area contributed by atoms with Gasteiger partial charge in [0.05, 0.1) is 29.5 Å². The summed E-state index contributed by atoms with van der Waals surface area (Å²) in [4.78, 5) is 17.0. The lowest BCUT2D eigenvalue weighted by atomic mass is 10.0. The van der Waals surface area contributed by atoms with Crippen molar-refractivity contribution in [2.45, 2.75) is 66.2 Å². The molecule has 2 N–H and O–H groups in total. The van der Waals surface area contributed by atoms with Crippen LogP contribution in [0.5, 0.6) is 0 Å². The summed E-state index contributed by atoms with van der Waals surface area (Å²) in [6, 6.07) is 6.42. The fourth-order valence-corrected chi connectivity index (χ4v) is 4.54. The molecule has 174 valence electrons. The van der Waals surface area contributed by atoms with Gasteiger partial charge in [0.1, 0.15) is 12.5 Å². The molecule has 0 aliphatic carbocycles. The summed E-state index contributed by atoms with van der Waals surface area (Å²) in [5.41, 5.74) is 9.58. The van der Waals surface area contributed by atoms with Crippen LogP contribution in [0.1, 0.15) is 30.8 Å². The number of fused-ring (bicyclic) bond motifs is 1. The van der Waals surface area contributed by atoms with Crippen LogP contribution in [-0.4, -0.2) is 28.8 Å². The monoisotopic (exact) mass is 458 g/mol. The zero-order valence-corrected chi connectivity index (χ0v) is 21.0. The molecule has 3 heterocycles. The first-order valence-electron chi connectivity index (χ1n) is 11.2. The van der Waals surface area contributed by atoms with Gasteiger partial charge in [-0.15, -0.1) is 0 Å². The number of nitrogens with zero attached hydrogens (tertiary/aromatic N) is 3. The number of halogens is 1. The molecule has 0 atom stereocenters. The predicted octanol–water partition coefficient (Wildman–Crippen LogP) is 4.79. The highest BCUT2D eigenvalue weighted by Gasteiger charge is 2.20. The second-order valence-electron chi connectivity index (χ2n) is 10.1. The molecule has 0 spiro atoms. The molecule has 6 nitrogen and oxygen atoms in total. The van der Waals surface area contributed by atoms with Crippen molar-refractivity contribution < 1.29 is 9.13 Å². The van der Waals surface area contributed by atoms with Crippen LogP contribution >= 0.6 is 0 Å². The SMILES string of the molecule is Cc1ccc(N)c(=O)n1Cc1cc2ncc(F)c(CC(C)C)c2n1COCC[Si](C)(C)C. The number of ether oxygens (including phenoxy) is 1. The lowest BCUT2D eigenvalue weighted by Crippen LogP contribution is -2.26. The van der Waals surface area contributed by atoms with E-state index in [-0.39, 0.29) is 29.7 Å². The van der Waals surface area contributed by atoms with Gasteiger partial charge >= 0.3 is 0 Å². The van der Waals surface area contributed by atoms with Gasteiger partial charge in [-0.05, 0) is 43.5 Å². The third-order valence-corrected chi connectivity index (χ3v) is 7.33. The maximum absolute atomic E-state index is 14.8. The first-order chi connectivity index (χ1) is 15.0. The molecule has 0 radical (unpaired) electrons. The van der Waals surface area contributed by atoms with Crippen LogP contribution in [0.3, 0.4) is 0 Å². The molecule has 0 amide bonds. The molecule has 0 aliphatic rings. The number of rotatable bonds is 9. The minimum atomic E-state index is -1.24. The Kier molecular flexibility index (Phi) is 7.24. The third-order valence-electron chi connectivity index (χ3n) is 5.62. The molecule has 0 saturated carbocycles. The van der Waals surface area contributed by atoms with Crippen LogP contribution < -0.4 is 11.3 Å². The van der Waals surface area contributed by atoms with Gasteiger partial charge in [-0.3, -0.25) is 9.78 Å². The summed E-state index contributed by atoms with van der Waals surface area (Å²) in [6.45, 7) is 14.2. The van der Waals surface area contributed by atoms with E-state index in [0.29, 0.717) is 30.7 Å². The van der Waals surface area contributed by atoms with Gasteiger partial charge in [0.25, 0.3) is 5.56 Å². The van der Waals surface area contributed by atoms with Crippen molar-refractivity contribution in [1.29, 1.82) is 0 Å². The van der Waals surface area contributed by atoms with E-state index in [0.717, 1.165) is 22.9 Å². The van der Waals surface area contributed by atoms with Crippen molar-refractivity contribution >= 4 is 24.8 Å². The predicted molar refractivity (Wildman–Crippen MR) is 131 cm³/mol. The summed E-state index contributed by atoms with van der Waals surface area (Å²) < 4.78 is 24.5. The molecule has 0 fully saturated rings. The van der Waals surface area contributed by atoms with E-state index in [2.05, 4.69) is 38.5 Å². The van der Waals surface area contributed by atoms with E-state index in [1.807, 2.05) is 23.6 Å². The average Bonchev–Trinajstić information content (AvgIpc) is 3.04. The highest BCUT2D eigenvalue weighted by Crippen LogP contribution is 2.27. The number of pyridine rings is 2. The second kappa shape index (κ2) is 9.58. The smallest absolute Gasteiger partial charge is 0.274 e. The van der Waals surface area contributed by atoms with Gasteiger partial charge in [0.15, 0.2) is 0 Å². The molecule has 3 rings (SSSR count). The van der Waals surface area contributed by atoms with Crippen molar-refractivity contribution in [2.75, 3.05) is 12.3 Å². The second-order valence-corrected chi connectivity index (χ2v) is 15.8. The molecule has 0 bridgehead atoms. The van der Waals surface area contributed by atoms with Crippen LogP contribution in [0.2, 0.25) is 25.7 Å². The maximum atomic E-state index is 14.8. The highest BCUT2D eigenvalue weighted by atomic mass is 28.3. The van der Waals surface area contributed by atoms with Gasteiger partial charge in [-0.1, -0.05) is 33.5 Å². The molecular formula is C24H35FN4O2Si. The van der Waals surface area contributed by atoms with Crippen LogP contribution in [0, 0.1) is 18.7 Å². The first kappa shape index (κ1) is 24.2. The Bertz CT molecular complexity index is 1160. The van der Waals surface area contributed by atoms with E-state index in [9.17, 15) is 9.18 Å². The zero-order chi connectivity index (χ0) is 23.6. The Labute approximate surface area is 190 Å². The molecular weight excluding hydrogens is 423 g/mol. The van der Waals surface area contributed by atoms with E-state index in [1.165, 1.54) is 6.20 Å². The molecule has 0 aromatic carbocycles. The fourth-order valence-electron chi connectivity index (χ4n) is 3.78. The fraction of sp³-hybridized carbons (Fsp3) is 0.500. The summed E-state index contributed by atoms with van der Waals surface area (Å²) in [5, 5.41) is 0. The Hall–Kier alpha value is -2.45. The van der Waals surface area contributed by atoms with Crippen molar-refractivity contribution in [1.82, 2.24) is 14.1 Å². The normalized spacial score (nSPS) is 12.2. The van der Waals surface area contributed by atoms with Crippen LogP contribution in [0.4, 0.5) is 10.1 Å². The molecule has 3 aromatic rings. The van der Waals surface area contributed by atoms with Crippen molar-refractivity contribution in [2.24, 2.45) is 5.92 Å². The highest BCUT2D eigenvalue weighted by molar-refractivity contribution is 6.76. The number of aryl methyl sites for hydroxylation is 1. The van der Waals surface area contributed by atoms with Gasteiger partial charge < -0.3 is 19.6 Å². The summed E-state index contributed by atoms with van der Waals surface area (Å²) in [5.74, 6) is -0.0232. The number of anilines is 1. The largest absolute Gasteiger partial charge is 0.394 e. The minimum Gasteiger partial charge on any atom is -0.394 e. The van der Waals surface area contributed by atoms with Gasteiger partial charge in [0, 0.05) is 31.6 Å². The van der Waals surface area contributed by atoms with Crippen molar-refractivity contribution in [3.63, 3.8) is 0 Å². The summed E-state index contributed by atoms with van der Waals surface area (Å²) >= 11 is 0. The van der Waals surface area contributed by atoms with Crippen molar-refractivity contribution in [3.05, 3.63) is 57.5 Å². The quantitative estimate of drug-likeness (QED) is 0.370. The number of nitrogen functional groups attached to an aromatic ring is 1. The van der Waals surface area contributed by atoms with E-state index in [1.54, 1.807) is 10.6 Å². The van der Waals surface area contributed by atoms with Gasteiger partial charge in [0.2, 0.25) is 0 Å². The number of hydrogen-bond donors (Lipinski definition) is 1. The topological polar surface area (TPSA) is 75.1 Å². The zero-order valence-electron chi connectivity index (χ0n) is 20.0. The molecule has 0 saturated heterocycles. The van der Waals surface area contributed by atoms with Crippen molar-refractivity contribution in [3.8, 4) is 0 Å². The average molecular weight is 459 g/mol. The van der Waals surface area contributed by atoms with Gasteiger partial charge in [-0.2, -0.15) is 0 Å². The van der Waals surface area contributed by atoms with Gasteiger partial charge in [-0.25, -0.2) is 4.39 Å². The lowest BCUT2D eigenvalue weighted by Gasteiger charge is -2.19. The van der Waals surface area contributed by atoms with Crippen LogP contribution in [0.25, 0.3) is 11.0 Å². The number of hydrogen-bond acceptors (Lipinski definition) is 4.